The molecule has 0 aliphatic heterocycles. The van der Waals surface area contributed by atoms with Crippen LogP contribution in [0, 0.1) is 12.8 Å². The van der Waals surface area contributed by atoms with Crippen LogP contribution in [0.2, 0.25) is 0 Å². The molecule has 0 aliphatic rings. The number of rotatable bonds is 6. The number of hydrogen-bond acceptors (Lipinski definition) is 2. The first-order valence-electron chi connectivity index (χ1n) is 7.49. The second kappa shape index (κ2) is 6.76. The Morgan fingerprint density at radius 1 is 1.38 bits per heavy atom. The molecule has 1 heterocycles. The van der Waals surface area contributed by atoms with Gasteiger partial charge in [0.2, 0.25) is 5.91 Å². The third-order valence-corrected chi connectivity index (χ3v) is 3.91. The second-order valence-electron chi connectivity index (χ2n) is 5.93. The van der Waals surface area contributed by atoms with Crippen molar-refractivity contribution in [2.45, 2.75) is 39.7 Å². The molecule has 3 N–H and O–H groups in total. The highest BCUT2D eigenvalue weighted by Gasteiger charge is 2.11. The molecule has 0 fully saturated rings. The molecular formula is C17H24N2O2. The van der Waals surface area contributed by atoms with Gasteiger partial charge >= 0.3 is 0 Å². The topological polar surface area (TPSA) is 65.1 Å². The van der Waals surface area contributed by atoms with Gasteiger partial charge in [0.15, 0.2) is 0 Å². The van der Waals surface area contributed by atoms with Crippen LogP contribution in [0.3, 0.4) is 0 Å². The summed E-state index contributed by atoms with van der Waals surface area (Å²) in [5, 5.41) is 13.7. The summed E-state index contributed by atoms with van der Waals surface area (Å²) in [6, 6.07) is 6.19. The van der Waals surface area contributed by atoms with Crippen molar-refractivity contribution in [1.29, 1.82) is 0 Å². The van der Waals surface area contributed by atoms with Crippen molar-refractivity contribution in [1.82, 2.24) is 10.3 Å². The number of fused-ring (bicyclic) bond motifs is 1. The van der Waals surface area contributed by atoms with E-state index >= 15 is 0 Å². The molecule has 114 valence electrons. The Bertz CT molecular complexity index is 616. The Balaban J connectivity index is 1.90. The molecule has 4 nitrogen and oxygen atoms in total. The van der Waals surface area contributed by atoms with E-state index in [0.29, 0.717) is 19.4 Å². The number of benzene rings is 1. The standard InChI is InChI=1S/C17H24N2O2/c1-11(2)15(20)10-18-16(21)8-7-13-9-19-17-12(3)5-4-6-14(13)17/h4-6,9,11,15,19-20H,7-8,10H2,1-3H3,(H,18,21). The first-order chi connectivity index (χ1) is 9.99. The molecule has 1 amide bonds. The van der Waals surface area contributed by atoms with E-state index in [4.69, 9.17) is 0 Å². The molecule has 0 bridgehead atoms. The van der Waals surface area contributed by atoms with Crippen molar-refractivity contribution in [3.05, 3.63) is 35.5 Å². The summed E-state index contributed by atoms with van der Waals surface area (Å²) < 4.78 is 0. The number of carbonyl (C=O) groups excluding carboxylic acids is 1. The van der Waals surface area contributed by atoms with Crippen molar-refractivity contribution in [3.63, 3.8) is 0 Å². The molecule has 1 aromatic heterocycles. The van der Waals surface area contributed by atoms with Gasteiger partial charge in [-0.2, -0.15) is 0 Å². The third-order valence-electron chi connectivity index (χ3n) is 3.91. The van der Waals surface area contributed by atoms with Crippen LogP contribution in [-0.2, 0) is 11.2 Å². The number of nitrogens with one attached hydrogen (secondary N) is 2. The minimum absolute atomic E-state index is 0.0169. The predicted octanol–water partition coefficient (Wildman–Crippen LogP) is 2.54. The third kappa shape index (κ3) is 3.85. The zero-order chi connectivity index (χ0) is 15.4. The van der Waals surface area contributed by atoms with Gasteiger partial charge in [-0.3, -0.25) is 4.79 Å². The monoisotopic (exact) mass is 288 g/mol. The number of carbonyl (C=O) groups is 1. The number of aromatic nitrogens is 1. The average molecular weight is 288 g/mol. The highest BCUT2D eigenvalue weighted by Crippen LogP contribution is 2.22. The fraction of sp³-hybridized carbons (Fsp3) is 0.471. The Labute approximate surface area is 125 Å². The van der Waals surface area contributed by atoms with E-state index in [2.05, 4.69) is 29.4 Å². The average Bonchev–Trinajstić information content (AvgIpc) is 2.87. The van der Waals surface area contributed by atoms with E-state index in [1.54, 1.807) is 0 Å². The Hall–Kier alpha value is -1.81. The molecule has 2 rings (SSSR count). The van der Waals surface area contributed by atoms with Crippen LogP contribution >= 0.6 is 0 Å². The van der Waals surface area contributed by atoms with Crippen LogP contribution in [0.1, 0.15) is 31.4 Å². The summed E-state index contributed by atoms with van der Waals surface area (Å²) in [6.45, 7) is 6.27. The van der Waals surface area contributed by atoms with Crippen molar-refractivity contribution >= 4 is 16.8 Å². The van der Waals surface area contributed by atoms with Gasteiger partial charge in [-0.05, 0) is 30.4 Å². The van der Waals surface area contributed by atoms with Gasteiger partial charge in [0.05, 0.1) is 6.10 Å². The highest BCUT2D eigenvalue weighted by atomic mass is 16.3. The summed E-state index contributed by atoms with van der Waals surface area (Å²) in [5.74, 6) is 0.138. The molecule has 2 aromatic rings. The number of aryl methyl sites for hydroxylation is 2. The lowest BCUT2D eigenvalue weighted by Gasteiger charge is -2.14. The SMILES string of the molecule is Cc1cccc2c(CCC(=O)NCC(O)C(C)C)c[nH]c12. The minimum Gasteiger partial charge on any atom is -0.391 e. The maximum Gasteiger partial charge on any atom is 0.220 e. The molecule has 1 aromatic carbocycles. The van der Waals surface area contributed by atoms with E-state index < -0.39 is 6.10 Å². The van der Waals surface area contributed by atoms with Crippen molar-refractivity contribution in [3.8, 4) is 0 Å². The highest BCUT2D eigenvalue weighted by molar-refractivity contribution is 5.86. The quantitative estimate of drug-likeness (QED) is 0.765. The number of H-pyrrole nitrogens is 1. The van der Waals surface area contributed by atoms with Crippen LogP contribution in [-0.4, -0.2) is 28.6 Å². The van der Waals surface area contributed by atoms with E-state index in [-0.39, 0.29) is 11.8 Å². The predicted molar refractivity (Wildman–Crippen MR) is 85.2 cm³/mol. The van der Waals surface area contributed by atoms with Crippen molar-refractivity contribution < 1.29 is 9.90 Å². The molecule has 0 spiro atoms. The van der Waals surface area contributed by atoms with Crippen LogP contribution in [0.15, 0.2) is 24.4 Å². The van der Waals surface area contributed by atoms with E-state index in [1.165, 1.54) is 10.9 Å². The van der Waals surface area contributed by atoms with Gasteiger partial charge in [0.1, 0.15) is 0 Å². The van der Waals surface area contributed by atoms with Crippen molar-refractivity contribution in [2.75, 3.05) is 6.54 Å². The molecule has 0 saturated heterocycles. The fourth-order valence-electron chi connectivity index (χ4n) is 2.36. The molecule has 0 aliphatic carbocycles. The zero-order valence-electron chi connectivity index (χ0n) is 12.9. The second-order valence-corrected chi connectivity index (χ2v) is 5.93. The molecule has 4 heteroatoms. The lowest BCUT2D eigenvalue weighted by molar-refractivity contribution is -0.121. The Morgan fingerprint density at radius 3 is 2.86 bits per heavy atom. The van der Waals surface area contributed by atoms with Gasteiger partial charge in [-0.25, -0.2) is 0 Å². The smallest absolute Gasteiger partial charge is 0.220 e. The summed E-state index contributed by atoms with van der Waals surface area (Å²) in [5.41, 5.74) is 3.51. The fourth-order valence-corrected chi connectivity index (χ4v) is 2.36. The Kier molecular flexibility index (Phi) is 5.02. The molecule has 21 heavy (non-hydrogen) atoms. The summed E-state index contributed by atoms with van der Waals surface area (Å²) in [4.78, 5) is 15.1. The molecule has 1 atom stereocenters. The van der Waals surface area contributed by atoms with Crippen LogP contribution in [0.25, 0.3) is 10.9 Å². The van der Waals surface area contributed by atoms with Crippen LogP contribution < -0.4 is 5.32 Å². The number of hydrogen-bond donors (Lipinski definition) is 3. The van der Waals surface area contributed by atoms with Gasteiger partial charge in [0.25, 0.3) is 0 Å². The normalized spacial score (nSPS) is 12.8. The first kappa shape index (κ1) is 15.6. The molecule has 0 saturated carbocycles. The van der Waals surface area contributed by atoms with Gasteiger partial charge in [-0.15, -0.1) is 0 Å². The van der Waals surface area contributed by atoms with Gasteiger partial charge < -0.3 is 15.4 Å². The van der Waals surface area contributed by atoms with E-state index in [0.717, 1.165) is 11.1 Å². The van der Waals surface area contributed by atoms with E-state index in [1.807, 2.05) is 26.1 Å². The molecule has 1 unspecified atom stereocenters. The number of amides is 1. The van der Waals surface area contributed by atoms with E-state index in [9.17, 15) is 9.90 Å². The minimum atomic E-state index is -0.482. The summed E-state index contributed by atoms with van der Waals surface area (Å²) in [7, 11) is 0. The first-order valence-corrected chi connectivity index (χ1v) is 7.49. The molecule has 0 radical (unpaired) electrons. The van der Waals surface area contributed by atoms with Crippen LogP contribution in [0.4, 0.5) is 0 Å². The van der Waals surface area contributed by atoms with Gasteiger partial charge in [-0.1, -0.05) is 32.0 Å². The maximum atomic E-state index is 11.8. The van der Waals surface area contributed by atoms with Gasteiger partial charge in [0, 0.05) is 30.1 Å². The Morgan fingerprint density at radius 2 is 2.14 bits per heavy atom. The van der Waals surface area contributed by atoms with Crippen LogP contribution in [0.5, 0.6) is 0 Å². The maximum absolute atomic E-state index is 11.8. The van der Waals surface area contributed by atoms with Crippen molar-refractivity contribution in [2.24, 2.45) is 5.92 Å². The number of para-hydroxylation sites is 1. The number of aliphatic hydroxyl groups is 1. The number of aromatic amines is 1. The largest absolute Gasteiger partial charge is 0.391 e. The summed E-state index contributed by atoms with van der Waals surface area (Å²) in [6.07, 6.45) is 2.64. The summed E-state index contributed by atoms with van der Waals surface area (Å²) >= 11 is 0. The molecular weight excluding hydrogens is 264 g/mol. The number of aliphatic hydroxyl groups excluding tert-OH is 1. The zero-order valence-corrected chi connectivity index (χ0v) is 12.9. The lowest BCUT2D eigenvalue weighted by Crippen LogP contribution is -2.34. The lowest BCUT2D eigenvalue weighted by atomic mass is 10.1.